The fourth-order valence-electron chi connectivity index (χ4n) is 3.06. The summed E-state index contributed by atoms with van der Waals surface area (Å²) >= 11 is 7.79. The molecule has 7 heteroatoms. The first-order chi connectivity index (χ1) is 11.6. The van der Waals surface area contributed by atoms with Gasteiger partial charge < -0.3 is 10.6 Å². The molecular weight excluding hydrogens is 377 g/mol. The van der Waals surface area contributed by atoms with E-state index in [0.29, 0.717) is 6.54 Å². The zero-order valence-electron chi connectivity index (χ0n) is 14.1. The molecule has 3 rings (SSSR count). The molecule has 136 valence electrons. The van der Waals surface area contributed by atoms with Crippen molar-refractivity contribution < 1.29 is 4.79 Å². The number of nitrogens with zero attached hydrogens (tertiary/aromatic N) is 1. The van der Waals surface area contributed by atoms with E-state index in [2.05, 4.69) is 27.7 Å². The van der Waals surface area contributed by atoms with E-state index in [1.54, 1.807) is 11.3 Å². The number of rotatable bonds is 5. The lowest BCUT2D eigenvalue weighted by Gasteiger charge is -2.36. The monoisotopic (exact) mass is 399 g/mol. The van der Waals surface area contributed by atoms with Crippen molar-refractivity contribution in [3.8, 4) is 0 Å². The van der Waals surface area contributed by atoms with Gasteiger partial charge in [0.1, 0.15) is 0 Å². The van der Waals surface area contributed by atoms with E-state index < -0.39 is 0 Å². The zero-order valence-corrected chi connectivity index (χ0v) is 16.5. The molecule has 4 nitrogen and oxygen atoms in total. The topological polar surface area (TPSA) is 44.4 Å². The quantitative estimate of drug-likeness (QED) is 0.806. The Morgan fingerprint density at radius 3 is 3.00 bits per heavy atom. The van der Waals surface area contributed by atoms with Gasteiger partial charge >= 0.3 is 0 Å². The predicted molar refractivity (Wildman–Crippen MR) is 107 cm³/mol. The highest BCUT2D eigenvalue weighted by Crippen LogP contribution is 2.24. The summed E-state index contributed by atoms with van der Waals surface area (Å²) in [5, 5.41) is 9.26. The molecule has 1 aromatic heterocycles. The van der Waals surface area contributed by atoms with E-state index in [4.69, 9.17) is 11.6 Å². The molecule has 1 aromatic carbocycles. The number of halogens is 2. The molecule has 1 aliphatic heterocycles. The summed E-state index contributed by atoms with van der Waals surface area (Å²) in [6.07, 6.45) is 0. The summed E-state index contributed by atoms with van der Waals surface area (Å²) in [7, 11) is 0. The lowest BCUT2D eigenvalue weighted by atomic mass is 10.0. The second-order valence-corrected chi connectivity index (χ2v) is 7.47. The molecule has 1 saturated heterocycles. The average Bonchev–Trinajstić information content (AvgIpc) is 3.10. The smallest absolute Gasteiger partial charge is 0.234 e. The van der Waals surface area contributed by atoms with Crippen molar-refractivity contribution in [1.82, 2.24) is 15.5 Å². The van der Waals surface area contributed by atoms with Crippen molar-refractivity contribution in [2.75, 3.05) is 26.2 Å². The lowest BCUT2D eigenvalue weighted by Crippen LogP contribution is -2.49. The van der Waals surface area contributed by atoms with Crippen LogP contribution in [0.2, 0.25) is 5.02 Å². The number of thiophene rings is 1. The summed E-state index contributed by atoms with van der Waals surface area (Å²) in [6.45, 7) is 4.99. The van der Waals surface area contributed by atoms with Crippen LogP contribution in [0, 0.1) is 0 Å². The third kappa shape index (κ3) is 5.43. The minimum atomic E-state index is 0. The minimum absolute atomic E-state index is 0. The van der Waals surface area contributed by atoms with Crippen LogP contribution in [0.3, 0.4) is 0 Å². The largest absolute Gasteiger partial charge is 0.348 e. The Balaban J connectivity index is 0.00000225. The van der Waals surface area contributed by atoms with Crippen molar-refractivity contribution in [1.29, 1.82) is 0 Å². The molecule has 2 N–H and O–H groups in total. The Bertz CT molecular complexity index is 681. The average molecular weight is 400 g/mol. The number of amides is 1. The van der Waals surface area contributed by atoms with Gasteiger partial charge in [0.25, 0.3) is 0 Å². The second-order valence-electron chi connectivity index (χ2n) is 6.05. The van der Waals surface area contributed by atoms with Gasteiger partial charge in [0.05, 0.1) is 12.6 Å². The number of piperazine rings is 1. The molecule has 1 amide bonds. The lowest BCUT2D eigenvalue weighted by molar-refractivity contribution is -0.123. The van der Waals surface area contributed by atoms with Gasteiger partial charge in [-0.1, -0.05) is 29.8 Å². The van der Waals surface area contributed by atoms with Crippen LogP contribution in [0.1, 0.15) is 29.4 Å². The van der Waals surface area contributed by atoms with E-state index in [1.807, 2.05) is 36.6 Å². The van der Waals surface area contributed by atoms with Crippen molar-refractivity contribution in [3.05, 3.63) is 57.2 Å². The number of carbonyl (C=O) groups is 1. The molecule has 1 fully saturated rings. The van der Waals surface area contributed by atoms with Crippen LogP contribution in [-0.4, -0.2) is 37.0 Å². The van der Waals surface area contributed by atoms with Crippen molar-refractivity contribution in [2.45, 2.75) is 19.0 Å². The molecule has 0 aliphatic carbocycles. The van der Waals surface area contributed by atoms with Gasteiger partial charge in [-0.05, 0) is 36.1 Å². The molecule has 0 bridgehead atoms. The molecule has 2 aromatic rings. The number of benzene rings is 1. The maximum absolute atomic E-state index is 12.5. The first-order valence-electron chi connectivity index (χ1n) is 8.16. The Kier molecular flexibility index (Phi) is 7.72. The third-order valence-electron chi connectivity index (χ3n) is 4.28. The first-order valence-corrected chi connectivity index (χ1v) is 9.42. The van der Waals surface area contributed by atoms with E-state index in [9.17, 15) is 4.79 Å². The van der Waals surface area contributed by atoms with Crippen molar-refractivity contribution >= 4 is 41.3 Å². The van der Waals surface area contributed by atoms with Gasteiger partial charge in [0, 0.05) is 35.6 Å². The van der Waals surface area contributed by atoms with E-state index in [1.165, 1.54) is 4.88 Å². The standard InChI is InChI=1S/C18H22ClN3OS.ClH/c1-13(17-6-3-9-24-17)21-18(23)12-22-8-7-20-11-16(22)14-4-2-5-15(19)10-14;/h2-6,9-10,13,16,20H,7-8,11-12H2,1H3,(H,21,23);1H. The van der Waals surface area contributed by atoms with Crippen LogP contribution < -0.4 is 10.6 Å². The molecule has 2 heterocycles. The Hall–Kier alpha value is -1.11. The zero-order chi connectivity index (χ0) is 16.9. The van der Waals surface area contributed by atoms with Crippen LogP contribution in [-0.2, 0) is 4.79 Å². The Labute approximate surface area is 164 Å². The van der Waals surface area contributed by atoms with Gasteiger partial charge in [0.15, 0.2) is 0 Å². The molecule has 0 saturated carbocycles. The SMILES string of the molecule is CC(NC(=O)CN1CCNCC1c1cccc(Cl)c1)c1cccs1.Cl. The van der Waals surface area contributed by atoms with Crippen LogP contribution in [0.4, 0.5) is 0 Å². The third-order valence-corrected chi connectivity index (χ3v) is 5.57. The summed E-state index contributed by atoms with van der Waals surface area (Å²) in [4.78, 5) is 15.9. The summed E-state index contributed by atoms with van der Waals surface area (Å²) in [5.41, 5.74) is 1.15. The van der Waals surface area contributed by atoms with Gasteiger partial charge in [-0.25, -0.2) is 0 Å². The minimum Gasteiger partial charge on any atom is -0.348 e. The number of nitrogens with one attached hydrogen (secondary N) is 2. The Morgan fingerprint density at radius 1 is 1.44 bits per heavy atom. The second kappa shape index (κ2) is 9.55. The number of hydrogen-bond acceptors (Lipinski definition) is 4. The molecule has 2 unspecified atom stereocenters. The molecule has 0 spiro atoms. The maximum atomic E-state index is 12.5. The molecule has 2 atom stereocenters. The fourth-order valence-corrected chi connectivity index (χ4v) is 3.99. The van der Waals surface area contributed by atoms with Gasteiger partial charge in [0.2, 0.25) is 5.91 Å². The highest BCUT2D eigenvalue weighted by molar-refractivity contribution is 7.10. The van der Waals surface area contributed by atoms with Crippen LogP contribution >= 0.6 is 35.3 Å². The number of hydrogen-bond donors (Lipinski definition) is 2. The van der Waals surface area contributed by atoms with E-state index in [0.717, 1.165) is 30.2 Å². The maximum Gasteiger partial charge on any atom is 0.234 e. The number of carbonyl (C=O) groups excluding carboxylic acids is 1. The van der Waals surface area contributed by atoms with Gasteiger partial charge in [-0.3, -0.25) is 9.69 Å². The van der Waals surface area contributed by atoms with E-state index >= 15 is 0 Å². The molecule has 25 heavy (non-hydrogen) atoms. The highest BCUT2D eigenvalue weighted by Gasteiger charge is 2.26. The summed E-state index contributed by atoms with van der Waals surface area (Å²) in [5.74, 6) is 0.0600. The fraction of sp³-hybridized carbons (Fsp3) is 0.389. The predicted octanol–water partition coefficient (Wildman–Crippen LogP) is 3.65. The van der Waals surface area contributed by atoms with E-state index in [-0.39, 0.29) is 30.4 Å². The summed E-state index contributed by atoms with van der Waals surface area (Å²) in [6, 6.07) is 12.2. The molecular formula is C18H23Cl2N3OS. The normalized spacial score (nSPS) is 19.0. The van der Waals surface area contributed by atoms with Crippen molar-refractivity contribution in [2.24, 2.45) is 0 Å². The van der Waals surface area contributed by atoms with Crippen LogP contribution in [0.25, 0.3) is 0 Å². The van der Waals surface area contributed by atoms with Crippen molar-refractivity contribution in [3.63, 3.8) is 0 Å². The van der Waals surface area contributed by atoms with Gasteiger partial charge in [-0.2, -0.15) is 0 Å². The Morgan fingerprint density at radius 2 is 2.28 bits per heavy atom. The highest BCUT2D eigenvalue weighted by atomic mass is 35.5. The first kappa shape index (κ1) is 20.2. The summed E-state index contributed by atoms with van der Waals surface area (Å²) < 4.78 is 0. The van der Waals surface area contributed by atoms with Crippen LogP contribution in [0.15, 0.2) is 41.8 Å². The van der Waals surface area contributed by atoms with Crippen LogP contribution in [0.5, 0.6) is 0 Å². The molecule has 0 radical (unpaired) electrons. The van der Waals surface area contributed by atoms with Gasteiger partial charge in [-0.15, -0.1) is 23.7 Å². The molecule has 1 aliphatic rings.